The van der Waals surface area contributed by atoms with Gasteiger partial charge < -0.3 is 9.64 Å². The van der Waals surface area contributed by atoms with Crippen LogP contribution in [-0.4, -0.2) is 51.5 Å². The Labute approximate surface area is 198 Å². The number of piperidine rings is 1. The second-order valence-electron chi connectivity index (χ2n) is 9.55. The van der Waals surface area contributed by atoms with E-state index in [-0.39, 0.29) is 18.1 Å². The first kappa shape index (κ1) is 24.2. The zero-order chi connectivity index (χ0) is 23.3. The summed E-state index contributed by atoms with van der Waals surface area (Å²) >= 11 is 0. The molecule has 2 heterocycles. The maximum Gasteiger partial charge on any atom is 0.208 e. The molecule has 7 heteroatoms. The van der Waals surface area contributed by atoms with Crippen molar-refractivity contribution >= 4 is 15.8 Å². The van der Waals surface area contributed by atoms with E-state index in [1.165, 1.54) is 17.4 Å². The van der Waals surface area contributed by atoms with Crippen LogP contribution in [0.5, 0.6) is 0 Å². The number of rotatable bonds is 8. The number of hydrogen-bond acceptors (Lipinski definition) is 5. The molecule has 1 saturated heterocycles. The second-order valence-corrected chi connectivity index (χ2v) is 11.3. The maximum absolute atomic E-state index is 12.0. The Morgan fingerprint density at radius 1 is 1.06 bits per heavy atom. The molecule has 180 valence electrons. The average molecular weight is 472 g/mol. The van der Waals surface area contributed by atoms with Gasteiger partial charge in [-0.15, -0.1) is 0 Å². The highest BCUT2D eigenvalue weighted by molar-refractivity contribution is 7.88. The Morgan fingerprint density at radius 3 is 2.52 bits per heavy atom. The number of anilines is 1. The number of benzene rings is 1. The molecule has 6 nitrogen and oxygen atoms in total. The summed E-state index contributed by atoms with van der Waals surface area (Å²) in [6.45, 7) is 4.25. The van der Waals surface area contributed by atoms with Crippen LogP contribution >= 0.6 is 0 Å². The molecule has 1 unspecified atom stereocenters. The van der Waals surface area contributed by atoms with Gasteiger partial charge in [-0.05, 0) is 61.6 Å². The van der Waals surface area contributed by atoms with Gasteiger partial charge in [0, 0.05) is 31.2 Å². The Balaban J connectivity index is 1.38. The molecule has 0 radical (unpaired) electrons. The molecule has 1 aromatic carbocycles. The Kier molecular flexibility index (Phi) is 8.04. The summed E-state index contributed by atoms with van der Waals surface area (Å²) in [6.07, 6.45) is 9.41. The summed E-state index contributed by atoms with van der Waals surface area (Å²) in [5.74, 6) is 1.73. The number of pyridine rings is 1. The first-order chi connectivity index (χ1) is 15.9. The van der Waals surface area contributed by atoms with Gasteiger partial charge in [0.1, 0.15) is 5.82 Å². The molecule has 0 spiro atoms. The fourth-order valence-electron chi connectivity index (χ4n) is 5.36. The molecule has 0 amide bonds. The van der Waals surface area contributed by atoms with Crippen molar-refractivity contribution in [3.8, 4) is 0 Å². The van der Waals surface area contributed by atoms with Crippen LogP contribution in [-0.2, 0) is 21.2 Å². The van der Waals surface area contributed by atoms with E-state index in [1.54, 1.807) is 0 Å². The zero-order valence-corrected chi connectivity index (χ0v) is 20.6. The number of sulfonamides is 1. The van der Waals surface area contributed by atoms with Gasteiger partial charge in [0.05, 0.1) is 19.0 Å². The SMILES string of the molecule is CCc1cccnc1N1CCC(NS(C)(=O)=O)[C@H](COC2CCC(c3ccccc3)CC2)C1. The molecule has 2 aromatic rings. The fourth-order valence-corrected chi connectivity index (χ4v) is 6.22. The van der Waals surface area contributed by atoms with E-state index in [0.29, 0.717) is 12.5 Å². The smallest absolute Gasteiger partial charge is 0.208 e. The molecule has 1 aliphatic carbocycles. The highest BCUT2D eigenvalue weighted by Gasteiger charge is 2.33. The molecular weight excluding hydrogens is 434 g/mol. The number of ether oxygens (including phenoxy) is 1. The Bertz CT molecular complexity index is 991. The summed E-state index contributed by atoms with van der Waals surface area (Å²) in [6, 6.07) is 14.8. The maximum atomic E-state index is 12.0. The van der Waals surface area contributed by atoms with Crippen molar-refractivity contribution in [1.29, 1.82) is 0 Å². The third-order valence-electron chi connectivity index (χ3n) is 7.14. The normalized spacial score (nSPS) is 26.3. The fraction of sp³-hybridized carbons (Fsp3) is 0.577. The van der Waals surface area contributed by atoms with Crippen molar-refractivity contribution in [3.05, 3.63) is 59.8 Å². The van der Waals surface area contributed by atoms with Gasteiger partial charge in [0.2, 0.25) is 10.0 Å². The lowest BCUT2D eigenvalue weighted by Gasteiger charge is -2.40. The number of nitrogens with zero attached hydrogens (tertiary/aromatic N) is 2. The van der Waals surface area contributed by atoms with Gasteiger partial charge in [-0.3, -0.25) is 0 Å². The van der Waals surface area contributed by atoms with Crippen molar-refractivity contribution in [3.63, 3.8) is 0 Å². The van der Waals surface area contributed by atoms with Crippen LogP contribution in [0.3, 0.4) is 0 Å². The summed E-state index contributed by atoms with van der Waals surface area (Å²) in [7, 11) is -3.27. The van der Waals surface area contributed by atoms with Crippen molar-refractivity contribution in [2.24, 2.45) is 5.92 Å². The van der Waals surface area contributed by atoms with E-state index in [9.17, 15) is 8.42 Å². The minimum atomic E-state index is -3.27. The lowest BCUT2D eigenvalue weighted by molar-refractivity contribution is -0.00214. The van der Waals surface area contributed by atoms with E-state index >= 15 is 0 Å². The van der Waals surface area contributed by atoms with E-state index in [1.807, 2.05) is 12.3 Å². The first-order valence-corrected chi connectivity index (χ1v) is 14.1. The minimum absolute atomic E-state index is 0.0898. The Morgan fingerprint density at radius 2 is 1.82 bits per heavy atom. The molecule has 1 saturated carbocycles. The standard InChI is InChI=1S/C26H37N3O3S/c1-3-20-10-7-16-27-26(20)29-17-15-25(28-33(2,30)31)23(18-29)19-32-24-13-11-22(12-14-24)21-8-5-4-6-9-21/h4-10,16,22-25,28H,3,11-15,17-19H2,1-2H3/t22?,23-,24?,25?/m0/s1. The van der Waals surface area contributed by atoms with Crippen LogP contribution in [0.4, 0.5) is 5.82 Å². The number of nitrogens with one attached hydrogen (secondary N) is 1. The molecule has 33 heavy (non-hydrogen) atoms. The second kappa shape index (κ2) is 11.0. The molecule has 4 rings (SSSR count). The van der Waals surface area contributed by atoms with Gasteiger partial charge in [0.25, 0.3) is 0 Å². The van der Waals surface area contributed by atoms with Crippen LogP contribution in [0, 0.1) is 5.92 Å². The molecule has 2 fully saturated rings. The zero-order valence-electron chi connectivity index (χ0n) is 19.8. The van der Waals surface area contributed by atoms with Crippen LogP contribution in [0.15, 0.2) is 48.7 Å². The van der Waals surface area contributed by atoms with Crippen LogP contribution in [0.1, 0.15) is 56.1 Å². The Hall–Kier alpha value is -1.96. The number of hydrogen-bond donors (Lipinski definition) is 1. The third kappa shape index (κ3) is 6.55. The predicted octanol–water partition coefficient (Wildman–Crippen LogP) is 4.13. The van der Waals surface area contributed by atoms with Crippen LogP contribution < -0.4 is 9.62 Å². The highest BCUT2D eigenvalue weighted by atomic mass is 32.2. The third-order valence-corrected chi connectivity index (χ3v) is 7.87. The summed E-state index contributed by atoms with van der Waals surface area (Å²) in [5.41, 5.74) is 2.66. The van der Waals surface area contributed by atoms with Gasteiger partial charge in [0.15, 0.2) is 0 Å². The summed E-state index contributed by atoms with van der Waals surface area (Å²) in [4.78, 5) is 6.95. The topological polar surface area (TPSA) is 71.5 Å². The first-order valence-electron chi connectivity index (χ1n) is 12.3. The molecular formula is C26H37N3O3S. The van der Waals surface area contributed by atoms with Crippen molar-refractivity contribution in [2.75, 3.05) is 30.9 Å². The van der Waals surface area contributed by atoms with Gasteiger partial charge in [-0.1, -0.05) is 43.3 Å². The highest BCUT2D eigenvalue weighted by Crippen LogP contribution is 2.34. The van der Waals surface area contributed by atoms with Crippen molar-refractivity contribution in [2.45, 2.75) is 63.5 Å². The lowest BCUT2D eigenvalue weighted by Crippen LogP contribution is -2.53. The van der Waals surface area contributed by atoms with E-state index in [0.717, 1.165) is 57.4 Å². The predicted molar refractivity (Wildman–Crippen MR) is 133 cm³/mol. The quantitative estimate of drug-likeness (QED) is 0.627. The van der Waals surface area contributed by atoms with Crippen LogP contribution in [0.2, 0.25) is 0 Å². The number of aryl methyl sites for hydroxylation is 1. The molecule has 1 aromatic heterocycles. The molecule has 2 aliphatic rings. The lowest BCUT2D eigenvalue weighted by atomic mass is 9.82. The van der Waals surface area contributed by atoms with E-state index in [4.69, 9.17) is 4.74 Å². The molecule has 1 N–H and O–H groups in total. The molecule has 1 aliphatic heterocycles. The minimum Gasteiger partial charge on any atom is -0.378 e. The monoisotopic (exact) mass is 471 g/mol. The van der Waals surface area contributed by atoms with Gasteiger partial charge >= 0.3 is 0 Å². The number of aromatic nitrogens is 1. The van der Waals surface area contributed by atoms with Crippen molar-refractivity contribution < 1.29 is 13.2 Å². The van der Waals surface area contributed by atoms with E-state index in [2.05, 4.69) is 57.9 Å². The van der Waals surface area contributed by atoms with Crippen LogP contribution in [0.25, 0.3) is 0 Å². The summed E-state index contributed by atoms with van der Waals surface area (Å²) in [5, 5.41) is 0. The molecule has 0 bridgehead atoms. The van der Waals surface area contributed by atoms with Gasteiger partial charge in [-0.25, -0.2) is 18.1 Å². The average Bonchev–Trinajstić information content (AvgIpc) is 2.83. The molecule has 2 atom stereocenters. The van der Waals surface area contributed by atoms with Crippen molar-refractivity contribution in [1.82, 2.24) is 9.71 Å². The van der Waals surface area contributed by atoms with Gasteiger partial charge in [-0.2, -0.15) is 0 Å². The largest absolute Gasteiger partial charge is 0.378 e. The summed E-state index contributed by atoms with van der Waals surface area (Å²) < 4.78 is 33.3. The van der Waals surface area contributed by atoms with E-state index < -0.39 is 10.0 Å².